The van der Waals surface area contributed by atoms with Crippen molar-refractivity contribution in [2.24, 2.45) is 11.7 Å². The molecule has 0 amide bonds. The summed E-state index contributed by atoms with van der Waals surface area (Å²) in [4.78, 5) is 0. The van der Waals surface area contributed by atoms with Gasteiger partial charge in [0.05, 0.1) is 7.11 Å². The summed E-state index contributed by atoms with van der Waals surface area (Å²) >= 11 is 0. The van der Waals surface area contributed by atoms with Gasteiger partial charge in [0.25, 0.3) is 0 Å². The van der Waals surface area contributed by atoms with Crippen LogP contribution in [-0.2, 0) is 0 Å². The van der Waals surface area contributed by atoms with Gasteiger partial charge in [-0.2, -0.15) is 0 Å². The van der Waals surface area contributed by atoms with Crippen molar-refractivity contribution in [2.45, 2.75) is 25.2 Å². The van der Waals surface area contributed by atoms with E-state index in [1.54, 1.807) is 6.07 Å². The lowest BCUT2D eigenvalue weighted by Crippen LogP contribution is -2.26. The Morgan fingerprint density at radius 3 is 2.75 bits per heavy atom. The summed E-state index contributed by atoms with van der Waals surface area (Å²) in [6.45, 7) is 0.624. The first kappa shape index (κ1) is 11.4. The van der Waals surface area contributed by atoms with E-state index in [2.05, 4.69) is 0 Å². The molecule has 2 rings (SSSR count). The van der Waals surface area contributed by atoms with E-state index in [1.807, 2.05) is 6.07 Å². The average molecular weight is 223 g/mol. The molecule has 1 saturated carbocycles. The zero-order valence-electron chi connectivity index (χ0n) is 9.58. The molecule has 2 N–H and O–H groups in total. The predicted molar refractivity (Wildman–Crippen MR) is 62.1 cm³/mol. The summed E-state index contributed by atoms with van der Waals surface area (Å²) in [5.74, 6) is 1.02. The minimum absolute atomic E-state index is 0.310. The Bertz CT molecular complexity index is 363. The molecule has 1 aliphatic rings. The molecule has 0 bridgehead atoms. The first-order valence-electron chi connectivity index (χ1n) is 5.79. The molecular weight excluding hydrogens is 205 g/mol. The number of rotatable bonds is 4. The van der Waals surface area contributed by atoms with Crippen LogP contribution in [0.2, 0.25) is 0 Å². The topological polar surface area (TPSA) is 35.2 Å². The molecule has 1 atom stereocenters. The van der Waals surface area contributed by atoms with Crippen molar-refractivity contribution in [1.29, 1.82) is 0 Å². The van der Waals surface area contributed by atoms with Gasteiger partial charge in [0, 0.05) is 0 Å². The number of hydrogen-bond donors (Lipinski definition) is 1. The van der Waals surface area contributed by atoms with Crippen LogP contribution in [0, 0.1) is 11.7 Å². The monoisotopic (exact) mass is 223 g/mol. The van der Waals surface area contributed by atoms with E-state index in [1.165, 1.54) is 32.4 Å². The molecule has 0 saturated heterocycles. The number of nitrogens with two attached hydrogens (primary N) is 1. The van der Waals surface area contributed by atoms with E-state index >= 15 is 0 Å². The second-order valence-corrected chi connectivity index (χ2v) is 4.43. The molecule has 88 valence electrons. The number of hydrogen-bond acceptors (Lipinski definition) is 2. The lowest BCUT2D eigenvalue weighted by Gasteiger charge is -2.33. The van der Waals surface area contributed by atoms with Gasteiger partial charge >= 0.3 is 0 Å². The maximum Gasteiger partial charge on any atom is 0.165 e. The third-order valence-corrected chi connectivity index (χ3v) is 3.58. The highest BCUT2D eigenvalue weighted by atomic mass is 19.1. The van der Waals surface area contributed by atoms with Crippen molar-refractivity contribution in [1.82, 2.24) is 0 Å². The SMILES string of the molecule is COc1cc(C(CN)C2CCC2)ccc1F. The Hall–Kier alpha value is -1.09. The highest BCUT2D eigenvalue weighted by Crippen LogP contribution is 2.39. The van der Waals surface area contributed by atoms with Crippen molar-refractivity contribution >= 4 is 0 Å². The third-order valence-electron chi connectivity index (χ3n) is 3.58. The average Bonchev–Trinajstić information content (AvgIpc) is 2.24. The highest BCUT2D eigenvalue weighted by Gasteiger charge is 2.27. The minimum Gasteiger partial charge on any atom is -0.494 e. The molecule has 16 heavy (non-hydrogen) atoms. The van der Waals surface area contributed by atoms with Crippen LogP contribution >= 0.6 is 0 Å². The van der Waals surface area contributed by atoms with Gasteiger partial charge in [-0.25, -0.2) is 4.39 Å². The highest BCUT2D eigenvalue weighted by molar-refractivity contribution is 5.33. The van der Waals surface area contributed by atoms with E-state index in [0.29, 0.717) is 24.1 Å². The van der Waals surface area contributed by atoms with E-state index in [-0.39, 0.29) is 5.82 Å². The van der Waals surface area contributed by atoms with Crippen LogP contribution in [-0.4, -0.2) is 13.7 Å². The van der Waals surface area contributed by atoms with Gasteiger partial charge in [0.1, 0.15) is 0 Å². The number of halogens is 1. The van der Waals surface area contributed by atoms with E-state index in [4.69, 9.17) is 10.5 Å². The molecule has 0 aromatic heterocycles. The Morgan fingerprint density at radius 1 is 1.50 bits per heavy atom. The van der Waals surface area contributed by atoms with Crippen LogP contribution in [0.4, 0.5) is 4.39 Å². The van der Waals surface area contributed by atoms with Gasteiger partial charge in [-0.1, -0.05) is 12.5 Å². The Labute approximate surface area is 95.6 Å². The molecule has 0 spiro atoms. The largest absolute Gasteiger partial charge is 0.494 e. The fraction of sp³-hybridized carbons (Fsp3) is 0.538. The third kappa shape index (κ3) is 2.05. The fourth-order valence-electron chi connectivity index (χ4n) is 2.35. The first-order valence-corrected chi connectivity index (χ1v) is 5.79. The van der Waals surface area contributed by atoms with Crippen LogP contribution in [0.25, 0.3) is 0 Å². The van der Waals surface area contributed by atoms with Crippen molar-refractivity contribution in [3.05, 3.63) is 29.6 Å². The van der Waals surface area contributed by atoms with Crippen LogP contribution < -0.4 is 10.5 Å². The Balaban J connectivity index is 2.23. The van der Waals surface area contributed by atoms with Crippen molar-refractivity contribution in [3.63, 3.8) is 0 Å². The number of benzene rings is 1. The molecule has 0 aliphatic heterocycles. The zero-order valence-corrected chi connectivity index (χ0v) is 9.58. The lowest BCUT2D eigenvalue weighted by molar-refractivity contribution is 0.263. The summed E-state index contributed by atoms with van der Waals surface area (Å²) in [5.41, 5.74) is 6.91. The number of ether oxygens (including phenoxy) is 1. The molecule has 1 aromatic carbocycles. The smallest absolute Gasteiger partial charge is 0.165 e. The van der Waals surface area contributed by atoms with Crippen LogP contribution in [0.1, 0.15) is 30.7 Å². The maximum absolute atomic E-state index is 13.3. The standard InChI is InChI=1S/C13H18FNO/c1-16-13-7-10(5-6-12(13)14)11(8-15)9-3-2-4-9/h5-7,9,11H,2-4,8,15H2,1H3. The summed E-state index contributed by atoms with van der Waals surface area (Å²) in [5, 5.41) is 0. The summed E-state index contributed by atoms with van der Waals surface area (Å²) in [6, 6.07) is 5.08. The molecule has 1 unspecified atom stereocenters. The second kappa shape index (κ2) is 4.83. The van der Waals surface area contributed by atoms with Gasteiger partial charge in [0.15, 0.2) is 11.6 Å². The quantitative estimate of drug-likeness (QED) is 0.851. The van der Waals surface area contributed by atoms with E-state index < -0.39 is 0 Å². The minimum atomic E-state index is -0.310. The molecule has 1 aliphatic carbocycles. The molecule has 0 radical (unpaired) electrons. The predicted octanol–water partition coefficient (Wildman–Crippen LogP) is 2.68. The molecule has 2 nitrogen and oxygen atoms in total. The number of methoxy groups -OCH3 is 1. The van der Waals surface area contributed by atoms with Gasteiger partial charge < -0.3 is 10.5 Å². The Morgan fingerprint density at radius 2 is 2.25 bits per heavy atom. The van der Waals surface area contributed by atoms with Gasteiger partial charge in [-0.05, 0) is 48.9 Å². The summed E-state index contributed by atoms with van der Waals surface area (Å²) in [6.07, 6.45) is 3.77. The van der Waals surface area contributed by atoms with E-state index in [9.17, 15) is 4.39 Å². The Kier molecular flexibility index (Phi) is 3.44. The van der Waals surface area contributed by atoms with Crippen molar-refractivity contribution < 1.29 is 9.13 Å². The molecule has 3 heteroatoms. The van der Waals surface area contributed by atoms with Crippen LogP contribution in [0.15, 0.2) is 18.2 Å². The summed E-state index contributed by atoms with van der Waals surface area (Å²) < 4.78 is 18.3. The first-order chi connectivity index (χ1) is 7.76. The molecule has 1 aromatic rings. The van der Waals surface area contributed by atoms with Crippen LogP contribution in [0.3, 0.4) is 0 Å². The molecular formula is C13H18FNO. The van der Waals surface area contributed by atoms with Gasteiger partial charge in [-0.3, -0.25) is 0 Å². The second-order valence-electron chi connectivity index (χ2n) is 4.43. The van der Waals surface area contributed by atoms with Gasteiger partial charge in [0.2, 0.25) is 0 Å². The zero-order chi connectivity index (χ0) is 11.5. The maximum atomic E-state index is 13.3. The van der Waals surface area contributed by atoms with E-state index in [0.717, 1.165) is 5.56 Å². The van der Waals surface area contributed by atoms with Crippen LogP contribution in [0.5, 0.6) is 5.75 Å². The van der Waals surface area contributed by atoms with Crippen molar-refractivity contribution in [2.75, 3.05) is 13.7 Å². The van der Waals surface area contributed by atoms with Crippen molar-refractivity contribution in [3.8, 4) is 5.75 Å². The molecule has 1 fully saturated rings. The summed E-state index contributed by atoms with van der Waals surface area (Å²) in [7, 11) is 1.49. The lowest BCUT2D eigenvalue weighted by atomic mass is 9.73. The fourth-order valence-corrected chi connectivity index (χ4v) is 2.35. The molecule has 0 heterocycles. The van der Waals surface area contributed by atoms with Gasteiger partial charge in [-0.15, -0.1) is 0 Å². The normalized spacial score (nSPS) is 17.9.